The standard InChI is InChI=1S/C29H31BFN7O/c1-17(39)23-11-21(12-24-26(34-16-28(2,3)4)18(13-32)14-33-27(23)24)35-29(30,19-5-7-20(31)8-6-19)25-15-38(37-36-25)22-9-10-22/h5-8,11-12,14-15,17,22,35,39H,9-10,16H2,1-4H3,(H,33,34). The lowest BCUT2D eigenvalue weighted by molar-refractivity contribution is 0.200. The summed E-state index contributed by atoms with van der Waals surface area (Å²) in [5, 5.41) is 36.7. The van der Waals surface area contributed by atoms with Crippen molar-refractivity contribution in [3.63, 3.8) is 0 Å². The number of aliphatic hydroxyl groups excluding tert-OH is 1. The zero-order chi connectivity index (χ0) is 27.9. The third kappa shape index (κ3) is 5.45. The van der Waals surface area contributed by atoms with Crippen LogP contribution in [0.3, 0.4) is 0 Å². The van der Waals surface area contributed by atoms with Crippen LogP contribution in [0, 0.1) is 22.6 Å². The first kappa shape index (κ1) is 26.6. The Morgan fingerprint density at radius 2 is 1.95 bits per heavy atom. The van der Waals surface area contributed by atoms with E-state index in [1.165, 1.54) is 18.3 Å². The molecule has 2 radical (unpaired) electrons. The molecule has 0 bridgehead atoms. The van der Waals surface area contributed by atoms with Gasteiger partial charge in [0.1, 0.15) is 25.4 Å². The summed E-state index contributed by atoms with van der Waals surface area (Å²) in [6, 6.07) is 12.1. The molecule has 0 spiro atoms. The minimum Gasteiger partial charge on any atom is -0.389 e. The van der Waals surface area contributed by atoms with Gasteiger partial charge in [0.2, 0.25) is 0 Å². The van der Waals surface area contributed by atoms with E-state index < -0.39 is 11.5 Å². The number of nitrogens with one attached hydrogen (secondary N) is 2. The molecular formula is C29H31BFN7O. The van der Waals surface area contributed by atoms with E-state index >= 15 is 0 Å². The number of hydrogen-bond donors (Lipinski definition) is 3. The van der Waals surface area contributed by atoms with Crippen LogP contribution in [0.2, 0.25) is 0 Å². The third-order valence-corrected chi connectivity index (χ3v) is 6.84. The highest BCUT2D eigenvalue weighted by Crippen LogP contribution is 2.38. The number of anilines is 2. The molecule has 3 N–H and O–H groups in total. The predicted molar refractivity (Wildman–Crippen MR) is 150 cm³/mol. The van der Waals surface area contributed by atoms with E-state index in [9.17, 15) is 14.8 Å². The minimum atomic E-state index is -1.37. The van der Waals surface area contributed by atoms with Crippen molar-refractivity contribution in [3.05, 3.63) is 77.0 Å². The van der Waals surface area contributed by atoms with E-state index in [-0.39, 0.29) is 11.2 Å². The quantitative estimate of drug-likeness (QED) is 0.274. The molecule has 2 aromatic carbocycles. The van der Waals surface area contributed by atoms with E-state index in [4.69, 9.17) is 7.85 Å². The molecule has 198 valence electrons. The zero-order valence-electron chi connectivity index (χ0n) is 22.5. The second kappa shape index (κ2) is 9.97. The summed E-state index contributed by atoms with van der Waals surface area (Å²) in [5.74, 6) is -0.380. The van der Waals surface area contributed by atoms with E-state index in [2.05, 4.69) is 52.8 Å². The van der Waals surface area contributed by atoms with Crippen molar-refractivity contribution in [2.75, 3.05) is 17.2 Å². The van der Waals surface area contributed by atoms with Crippen LogP contribution in [0.1, 0.15) is 75.1 Å². The Balaban J connectivity index is 1.67. The first-order chi connectivity index (χ1) is 18.5. The van der Waals surface area contributed by atoms with Gasteiger partial charge in [0.25, 0.3) is 0 Å². The molecule has 1 saturated carbocycles. The van der Waals surface area contributed by atoms with Gasteiger partial charge in [0, 0.05) is 29.4 Å². The smallest absolute Gasteiger partial charge is 0.123 e. The lowest BCUT2D eigenvalue weighted by atomic mass is 9.69. The molecule has 2 aromatic heterocycles. The molecule has 39 heavy (non-hydrogen) atoms. The fourth-order valence-electron chi connectivity index (χ4n) is 4.55. The van der Waals surface area contributed by atoms with Crippen LogP contribution < -0.4 is 10.6 Å². The number of fused-ring (bicyclic) bond motifs is 1. The highest BCUT2D eigenvalue weighted by atomic mass is 19.1. The van der Waals surface area contributed by atoms with Crippen LogP contribution in [0.4, 0.5) is 15.8 Å². The average Bonchev–Trinajstić information content (AvgIpc) is 3.62. The Hall–Kier alpha value is -3.97. The van der Waals surface area contributed by atoms with Gasteiger partial charge in [-0.15, -0.1) is 5.10 Å². The van der Waals surface area contributed by atoms with Gasteiger partial charge in [-0.1, -0.05) is 38.1 Å². The number of nitriles is 1. The van der Waals surface area contributed by atoms with Crippen LogP contribution in [0.5, 0.6) is 0 Å². The van der Waals surface area contributed by atoms with Gasteiger partial charge in [-0.3, -0.25) is 4.98 Å². The van der Waals surface area contributed by atoms with Gasteiger partial charge >= 0.3 is 0 Å². The fraction of sp³-hybridized carbons (Fsp3) is 0.379. The Morgan fingerprint density at radius 3 is 2.56 bits per heavy atom. The normalized spacial score (nSPS) is 15.9. The summed E-state index contributed by atoms with van der Waals surface area (Å²) in [5.41, 5.74) is 2.38. The summed E-state index contributed by atoms with van der Waals surface area (Å²) in [6.07, 6.45) is 4.56. The molecule has 1 aliphatic rings. The molecule has 0 amide bonds. The molecule has 2 atom stereocenters. The van der Waals surface area contributed by atoms with Gasteiger partial charge in [-0.2, -0.15) is 5.26 Å². The second-order valence-electron chi connectivity index (χ2n) is 11.5. The lowest BCUT2D eigenvalue weighted by Crippen LogP contribution is -2.38. The van der Waals surface area contributed by atoms with Crippen molar-refractivity contribution < 1.29 is 9.50 Å². The van der Waals surface area contributed by atoms with Gasteiger partial charge in [-0.05, 0) is 55.0 Å². The van der Waals surface area contributed by atoms with Crippen molar-refractivity contribution in [1.82, 2.24) is 20.0 Å². The number of aromatic nitrogens is 4. The molecule has 1 aliphatic carbocycles. The van der Waals surface area contributed by atoms with Gasteiger partial charge in [-0.25, -0.2) is 9.07 Å². The molecule has 4 aromatic rings. The van der Waals surface area contributed by atoms with E-state index in [0.29, 0.717) is 57.2 Å². The molecule has 0 saturated heterocycles. The zero-order valence-corrected chi connectivity index (χ0v) is 22.5. The van der Waals surface area contributed by atoms with Crippen molar-refractivity contribution in [2.24, 2.45) is 5.41 Å². The summed E-state index contributed by atoms with van der Waals surface area (Å²) in [6.45, 7) is 8.58. The van der Waals surface area contributed by atoms with E-state index in [0.717, 1.165) is 12.8 Å². The van der Waals surface area contributed by atoms with E-state index in [1.54, 1.807) is 29.8 Å². The van der Waals surface area contributed by atoms with Gasteiger partial charge in [0.05, 0.1) is 40.5 Å². The largest absolute Gasteiger partial charge is 0.389 e. The third-order valence-electron chi connectivity index (χ3n) is 6.84. The summed E-state index contributed by atoms with van der Waals surface area (Å²) < 4.78 is 15.7. The van der Waals surface area contributed by atoms with Crippen LogP contribution in [-0.2, 0) is 5.44 Å². The van der Waals surface area contributed by atoms with Crippen molar-refractivity contribution in [3.8, 4) is 6.07 Å². The maximum atomic E-state index is 13.8. The first-order valence-electron chi connectivity index (χ1n) is 13.0. The Bertz CT molecular complexity index is 1550. The summed E-state index contributed by atoms with van der Waals surface area (Å²) >= 11 is 0. The van der Waals surface area contributed by atoms with Crippen LogP contribution in [-0.4, -0.2) is 39.5 Å². The Labute approximate surface area is 228 Å². The number of nitrogens with zero attached hydrogens (tertiary/aromatic N) is 5. The fourth-order valence-corrected chi connectivity index (χ4v) is 4.55. The monoisotopic (exact) mass is 523 g/mol. The predicted octanol–water partition coefficient (Wildman–Crippen LogP) is 5.16. The average molecular weight is 523 g/mol. The number of pyridine rings is 1. The molecule has 0 aliphatic heterocycles. The van der Waals surface area contributed by atoms with Crippen LogP contribution in [0.15, 0.2) is 48.8 Å². The number of rotatable bonds is 8. The molecule has 5 rings (SSSR count). The Morgan fingerprint density at radius 1 is 1.23 bits per heavy atom. The highest BCUT2D eigenvalue weighted by molar-refractivity contribution is 6.19. The van der Waals surface area contributed by atoms with Crippen molar-refractivity contribution in [1.29, 1.82) is 5.26 Å². The maximum Gasteiger partial charge on any atom is 0.123 e. The minimum absolute atomic E-state index is 0.0480. The SMILES string of the molecule is [B]C(Nc1cc(C(C)O)c2ncc(C#N)c(NCC(C)(C)C)c2c1)(c1ccc(F)cc1)c1cn(C2CC2)nn1. The van der Waals surface area contributed by atoms with Crippen LogP contribution in [0.25, 0.3) is 10.9 Å². The van der Waals surface area contributed by atoms with Gasteiger partial charge < -0.3 is 15.7 Å². The molecule has 2 heterocycles. The number of hydrogen-bond acceptors (Lipinski definition) is 7. The van der Waals surface area contributed by atoms with Gasteiger partial charge in [0.15, 0.2) is 0 Å². The first-order valence-corrected chi connectivity index (χ1v) is 13.0. The lowest BCUT2D eigenvalue weighted by Gasteiger charge is -2.32. The van der Waals surface area contributed by atoms with Crippen LogP contribution >= 0.6 is 0 Å². The topological polar surface area (TPSA) is 112 Å². The second-order valence-corrected chi connectivity index (χ2v) is 11.5. The molecule has 8 nitrogen and oxygen atoms in total. The summed E-state index contributed by atoms with van der Waals surface area (Å²) in [7, 11) is 7.04. The molecule has 2 unspecified atom stereocenters. The number of halogens is 1. The summed E-state index contributed by atoms with van der Waals surface area (Å²) in [4.78, 5) is 4.52. The number of aliphatic hydroxyl groups is 1. The van der Waals surface area contributed by atoms with E-state index in [1.807, 2.05) is 12.3 Å². The van der Waals surface area contributed by atoms with Crippen molar-refractivity contribution in [2.45, 2.75) is 58.1 Å². The molecular weight excluding hydrogens is 492 g/mol. The maximum absolute atomic E-state index is 13.8. The molecule has 10 heteroatoms. The molecule has 1 fully saturated rings. The Kier molecular flexibility index (Phi) is 6.81. The highest BCUT2D eigenvalue weighted by Gasteiger charge is 2.34. The number of benzene rings is 2. The van der Waals surface area contributed by atoms with Crippen molar-refractivity contribution >= 4 is 30.1 Å².